The number of likely N-dealkylation sites (N-methyl/N-ethyl adjacent to an activating group) is 2. The van der Waals surface area contributed by atoms with Crippen LogP contribution in [-0.2, 0) is 6.54 Å². The Bertz CT molecular complexity index is 522. The molecule has 2 aromatic carbocycles. The van der Waals surface area contributed by atoms with Crippen LogP contribution in [0.5, 0.6) is 0 Å². The number of rotatable bonds is 6. The molecule has 2 rings (SSSR count). The lowest BCUT2D eigenvalue weighted by molar-refractivity contribution is 0.289. The van der Waals surface area contributed by atoms with E-state index >= 15 is 0 Å². The molecule has 0 spiro atoms. The second-order valence-corrected chi connectivity index (χ2v) is 5.38. The van der Waals surface area contributed by atoms with E-state index in [0.29, 0.717) is 6.04 Å². The summed E-state index contributed by atoms with van der Waals surface area (Å²) in [6.07, 6.45) is 0. The van der Waals surface area contributed by atoms with Gasteiger partial charge in [0.15, 0.2) is 0 Å². The molecule has 106 valence electrons. The maximum absolute atomic E-state index is 3.41. The van der Waals surface area contributed by atoms with Crippen molar-refractivity contribution in [2.75, 3.05) is 20.6 Å². The van der Waals surface area contributed by atoms with Gasteiger partial charge < -0.3 is 10.2 Å². The predicted molar refractivity (Wildman–Crippen MR) is 85.8 cm³/mol. The summed E-state index contributed by atoms with van der Waals surface area (Å²) in [5.74, 6) is 0. The summed E-state index contributed by atoms with van der Waals surface area (Å²) in [4.78, 5) is 2.37. The first-order chi connectivity index (χ1) is 9.70. The fraction of sp³-hybridized carbons (Fsp3) is 0.333. The first-order valence-electron chi connectivity index (χ1n) is 7.16. The SMILES string of the molecule is CNC(CN(C)Cc1ccccc1C)c1ccccc1. The van der Waals surface area contributed by atoms with Crippen molar-refractivity contribution in [3.63, 3.8) is 0 Å². The monoisotopic (exact) mass is 268 g/mol. The maximum atomic E-state index is 3.41. The molecule has 1 atom stereocenters. The summed E-state index contributed by atoms with van der Waals surface area (Å²) in [7, 11) is 4.21. The molecule has 0 aliphatic carbocycles. The molecule has 20 heavy (non-hydrogen) atoms. The van der Waals surface area contributed by atoms with E-state index in [1.807, 2.05) is 7.05 Å². The molecule has 1 N–H and O–H groups in total. The molecule has 2 heteroatoms. The van der Waals surface area contributed by atoms with Gasteiger partial charge in [0.1, 0.15) is 0 Å². The van der Waals surface area contributed by atoms with Crippen molar-refractivity contribution in [1.82, 2.24) is 10.2 Å². The van der Waals surface area contributed by atoms with Gasteiger partial charge in [-0.3, -0.25) is 0 Å². The van der Waals surface area contributed by atoms with Crippen molar-refractivity contribution in [1.29, 1.82) is 0 Å². The molecule has 0 saturated heterocycles. The fourth-order valence-electron chi connectivity index (χ4n) is 2.50. The fourth-order valence-corrected chi connectivity index (χ4v) is 2.50. The molecule has 0 amide bonds. The number of aryl methyl sites for hydroxylation is 1. The van der Waals surface area contributed by atoms with Gasteiger partial charge in [-0.2, -0.15) is 0 Å². The third-order valence-electron chi connectivity index (χ3n) is 3.75. The third-order valence-corrected chi connectivity index (χ3v) is 3.75. The van der Waals surface area contributed by atoms with Gasteiger partial charge in [-0.15, -0.1) is 0 Å². The Morgan fingerprint density at radius 1 is 1.00 bits per heavy atom. The van der Waals surface area contributed by atoms with Gasteiger partial charge in [0.05, 0.1) is 0 Å². The van der Waals surface area contributed by atoms with E-state index in [1.165, 1.54) is 16.7 Å². The van der Waals surface area contributed by atoms with Crippen LogP contribution in [0.4, 0.5) is 0 Å². The Morgan fingerprint density at radius 3 is 2.30 bits per heavy atom. The molecule has 0 fully saturated rings. The molecule has 0 heterocycles. The predicted octanol–water partition coefficient (Wildman–Crippen LogP) is 3.39. The molecule has 1 unspecified atom stereocenters. The summed E-state index contributed by atoms with van der Waals surface area (Å²) >= 11 is 0. The summed E-state index contributed by atoms with van der Waals surface area (Å²) in [6, 6.07) is 19.6. The minimum absolute atomic E-state index is 0.366. The molecule has 0 saturated carbocycles. The van der Waals surface area contributed by atoms with E-state index in [0.717, 1.165) is 13.1 Å². The zero-order valence-corrected chi connectivity index (χ0v) is 12.6. The first-order valence-corrected chi connectivity index (χ1v) is 7.16. The van der Waals surface area contributed by atoms with Crippen LogP contribution in [0.15, 0.2) is 54.6 Å². The minimum Gasteiger partial charge on any atom is -0.312 e. The van der Waals surface area contributed by atoms with Gasteiger partial charge >= 0.3 is 0 Å². The second kappa shape index (κ2) is 7.22. The van der Waals surface area contributed by atoms with Crippen LogP contribution in [0.2, 0.25) is 0 Å². The molecular weight excluding hydrogens is 244 g/mol. The van der Waals surface area contributed by atoms with Crippen LogP contribution in [0.1, 0.15) is 22.7 Å². The van der Waals surface area contributed by atoms with Gasteiger partial charge in [0, 0.05) is 19.1 Å². The molecule has 0 radical (unpaired) electrons. The average molecular weight is 268 g/mol. The highest BCUT2D eigenvalue weighted by atomic mass is 15.1. The van der Waals surface area contributed by atoms with E-state index in [4.69, 9.17) is 0 Å². The van der Waals surface area contributed by atoms with Crippen molar-refractivity contribution >= 4 is 0 Å². The Kier molecular flexibility index (Phi) is 5.33. The van der Waals surface area contributed by atoms with Gasteiger partial charge in [0.2, 0.25) is 0 Å². The van der Waals surface area contributed by atoms with Gasteiger partial charge in [-0.25, -0.2) is 0 Å². The van der Waals surface area contributed by atoms with E-state index in [-0.39, 0.29) is 0 Å². The Hall–Kier alpha value is -1.64. The number of hydrogen-bond acceptors (Lipinski definition) is 2. The third kappa shape index (κ3) is 3.92. The molecule has 2 aromatic rings. The zero-order valence-electron chi connectivity index (χ0n) is 12.6. The molecule has 0 bridgehead atoms. The summed E-state index contributed by atoms with van der Waals surface area (Å²) < 4.78 is 0. The summed E-state index contributed by atoms with van der Waals surface area (Å²) in [5.41, 5.74) is 4.10. The lowest BCUT2D eigenvalue weighted by Gasteiger charge is -2.24. The van der Waals surface area contributed by atoms with Crippen LogP contribution < -0.4 is 5.32 Å². The van der Waals surface area contributed by atoms with Crippen molar-refractivity contribution in [3.8, 4) is 0 Å². The smallest absolute Gasteiger partial charge is 0.0446 e. The standard InChI is InChI=1S/C18H24N2/c1-15-9-7-8-12-17(15)13-20(3)14-18(19-2)16-10-5-4-6-11-16/h4-12,18-19H,13-14H2,1-3H3. The summed E-state index contributed by atoms with van der Waals surface area (Å²) in [6.45, 7) is 4.16. The summed E-state index contributed by atoms with van der Waals surface area (Å²) in [5, 5.41) is 3.41. The van der Waals surface area contributed by atoms with Crippen molar-refractivity contribution < 1.29 is 0 Å². The van der Waals surface area contributed by atoms with E-state index < -0.39 is 0 Å². The van der Waals surface area contributed by atoms with E-state index in [1.54, 1.807) is 0 Å². The molecule has 0 aromatic heterocycles. The Morgan fingerprint density at radius 2 is 1.65 bits per heavy atom. The van der Waals surface area contributed by atoms with Crippen LogP contribution in [-0.4, -0.2) is 25.5 Å². The van der Waals surface area contributed by atoms with Crippen LogP contribution in [0, 0.1) is 6.92 Å². The van der Waals surface area contributed by atoms with Gasteiger partial charge in [-0.1, -0.05) is 54.6 Å². The topological polar surface area (TPSA) is 15.3 Å². The number of hydrogen-bond donors (Lipinski definition) is 1. The van der Waals surface area contributed by atoms with Crippen LogP contribution in [0.25, 0.3) is 0 Å². The second-order valence-electron chi connectivity index (χ2n) is 5.38. The number of benzene rings is 2. The Balaban J connectivity index is 2.00. The Labute approximate surface area is 122 Å². The highest BCUT2D eigenvalue weighted by Gasteiger charge is 2.12. The van der Waals surface area contributed by atoms with Gasteiger partial charge in [0.25, 0.3) is 0 Å². The number of nitrogens with zero attached hydrogens (tertiary/aromatic N) is 1. The van der Waals surface area contributed by atoms with Crippen molar-refractivity contribution in [3.05, 3.63) is 71.3 Å². The van der Waals surface area contributed by atoms with Crippen molar-refractivity contribution in [2.24, 2.45) is 0 Å². The highest BCUT2D eigenvalue weighted by Crippen LogP contribution is 2.15. The molecule has 2 nitrogen and oxygen atoms in total. The molecular formula is C18H24N2. The van der Waals surface area contributed by atoms with Crippen molar-refractivity contribution in [2.45, 2.75) is 19.5 Å². The molecule has 0 aliphatic rings. The zero-order chi connectivity index (χ0) is 14.4. The lowest BCUT2D eigenvalue weighted by Crippen LogP contribution is -2.31. The largest absolute Gasteiger partial charge is 0.312 e. The minimum atomic E-state index is 0.366. The number of nitrogens with one attached hydrogen (secondary N) is 1. The molecule has 0 aliphatic heterocycles. The van der Waals surface area contributed by atoms with Gasteiger partial charge in [-0.05, 0) is 37.7 Å². The first kappa shape index (κ1) is 14.8. The van der Waals surface area contributed by atoms with E-state index in [2.05, 4.69) is 78.8 Å². The average Bonchev–Trinajstić information content (AvgIpc) is 2.48. The van der Waals surface area contributed by atoms with E-state index in [9.17, 15) is 0 Å². The quantitative estimate of drug-likeness (QED) is 0.864. The lowest BCUT2D eigenvalue weighted by atomic mass is 10.1. The van der Waals surface area contributed by atoms with Crippen LogP contribution in [0.3, 0.4) is 0 Å². The normalized spacial score (nSPS) is 12.6. The highest BCUT2D eigenvalue weighted by molar-refractivity contribution is 5.25. The van der Waals surface area contributed by atoms with Crippen LogP contribution >= 0.6 is 0 Å². The maximum Gasteiger partial charge on any atom is 0.0446 e.